The molecule has 1 N–H and O–H groups in total. The maximum absolute atomic E-state index is 13.9. The van der Waals surface area contributed by atoms with E-state index in [0.717, 1.165) is 11.1 Å². The number of alkyl carbamates (subject to hydrolysis) is 1. The summed E-state index contributed by atoms with van der Waals surface area (Å²) in [5.41, 5.74) is 2.90. The second-order valence-electron chi connectivity index (χ2n) is 7.63. The van der Waals surface area contributed by atoms with Crippen molar-refractivity contribution < 1.29 is 18.8 Å². The Morgan fingerprint density at radius 3 is 2.71 bits per heavy atom. The van der Waals surface area contributed by atoms with E-state index in [1.165, 1.54) is 29.9 Å². The number of nitrogens with one attached hydrogen (secondary N) is 1. The molecule has 34 heavy (non-hydrogen) atoms. The lowest BCUT2D eigenvalue weighted by Gasteiger charge is -2.09. The van der Waals surface area contributed by atoms with Crippen molar-refractivity contribution >= 4 is 22.7 Å². The van der Waals surface area contributed by atoms with Crippen LogP contribution < -0.4 is 10.9 Å². The van der Waals surface area contributed by atoms with E-state index in [2.05, 4.69) is 15.5 Å². The Hall–Kier alpha value is -4.53. The topological polar surface area (TPSA) is 94.8 Å². The molecule has 1 aromatic heterocycles. The number of carbonyl (C=O) groups excluding carboxylic acids is 1. The SMILES string of the molecule is CO/N=C1/c2cc(F)ccc2-n2c1nc1cc(CNC(=O)OCc3ccccc3)ccc1c2=O. The summed E-state index contributed by atoms with van der Waals surface area (Å²) in [4.78, 5) is 34.9. The van der Waals surface area contributed by atoms with Gasteiger partial charge in [-0.05, 0) is 41.5 Å². The van der Waals surface area contributed by atoms with Gasteiger partial charge in [-0.25, -0.2) is 14.2 Å². The van der Waals surface area contributed by atoms with E-state index >= 15 is 0 Å². The Kier molecular flexibility index (Phi) is 5.51. The molecule has 0 spiro atoms. The Labute approximate surface area is 193 Å². The summed E-state index contributed by atoms with van der Waals surface area (Å²) in [5.74, 6) is -0.201. The molecule has 0 fully saturated rings. The molecule has 9 heteroatoms. The molecule has 0 saturated carbocycles. The fraction of sp³-hybridized carbons (Fsp3) is 0.120. The third-order valence-electron chi connectivity index (χ3n) is 5.43. The molecule has 8 nitrogen and oxygen atoms in total. The monoisotopic (exact) mass is 458 g/mol. The van der Waals surface area contributed by atoms with Crippen LogP contribution in [0.1, 0.15) is 22.5 Å². The van der Waals surface area contributed by atoms with E-state index < -0.39 is 11.9 Å². The number of hydrogen-bond acceptors (Lipinski definition) is 6. The second-order valence-corrected chi connectivity index (χ2v) is 7.63. The summed E-state index contributed by atoms with van der Waals surface area (Å²) >= 11 is 0. The van der Waals surface area contributed by atoms with E-state index in [4.69, 9.17) is 9.57 Å². The average Bonchev–Trinajstić information content (AvgIpc) is 3.15. The van der Waals surface area contributed by atoms with Crippen molar-refractivity contribution in [3.05, 3.63) is 105 Å². The molecular weight excluding hydrogens is 439 g/mol. The van der Waals surface area contributed by atoms with E-state index in [-0.39, 0.29) is 30.2 Å². The van der Waals surface area contributed by atoms with Crippen LogP contribution in [0.3, 0.4) is 0 Å². The van der Waals surface area contributed by atoms with Crippen LogP contribution in [-0.2, 0) is 22.7 Å². The molecule has 0 atom stereocenters. The summed E-state index contributed by atoms with van der Waals surface area (Å²) in [6.07, 6.45) is -0.557. The largest absolute Gasteiger partial charge is 0.445 e. The summed E-state index contributed by atoms with van der Waals surface area (Å²) in [6, 6.07) is 18.6. The minimum Gasteiger partial charge on any atom is -0.445 e. The number of benzene rings is 3. The van der Waals surface area contributed by atoms with E-state index in [9.17, 15) is 14.0 Å². The van der Waals surface area contributed by atoms with Crippen LogP contribution in [0.25, 0.3) is 16.6 Å². The van der Waals surface area contributed by atoms with Gasteiger partial charge in [-0.2, -0.15) is 0 Å². The zero-order valence-corrected chi connectivity index (χ0v) is 18.1. The zero-order chi connectivity index (χ0) is 23.7. The molecule has 0 aliphatic carbocycles. The normalized spacial score (nSPS) is 12.9. The standard InChI is InChI=1S/C25H19FN4O4/c1-33-29-22-19-12-17(26)8-10-21(19)30-23(22)28-20-11-16(7-9-18(20)24(30)31)13-27-25(32)34-14-15-5-3-2-4-6-15/h2-12H,13-14H2,1H3,(H,27,32)/b29-22-. The number of carbonyl (C=O) groups is 1. The van der Waals surface area contributed by atoms with Crippen molar-refractivity contribution in [3.8, 4) is 5.69 Å². The number of nitrogens with zero attached hydrogens (tertiary/aromatic N) is 3. The van der Waals surface area contributed by atoms with Gasteiger partial charge in [-0.15, -0.1) is 0 Å². The van der Waals surface area contributed by atoms with Gasteiger partial charge < -0.3 is 14.9 Å². The first-order chi connectivity index (χ1) is 16.5. The maximum atomic E-state index is 13.9. The molecule has 3 aromatic carbocycles. The first kappa shape index (κ1) is 21.3. The van der Waals surface area contributed by atoms with E-state index in [1.54, 1.807) is 18.2 Å². The number of amides is 1. The van der Waals surface area contributed by atoms with Crippen molar-refractivity contribution in [2.75, 3.05) is 7.11 Å². The van der Waals surface area contributed by atoms with Crippen LogP contribution in [0.4, 0.5) is 9.18 Å². The van der Waals surface area contributed by atoms with Crippen molar-refractivity contribution in [2.45, 2.75) is 13.2 Å². The first-order valence-corrected chi connectivity index (χ1v) is 10.5. The second kappa shape index (κ2) is 8.78. The minimum absolute atomic E-state index is 0.164. The fourth-order valence-electron chi connectivity index (χ4n) is 3.87. The van der Waals surface area contributed by atoms with Gasteiger partial charge in [-0.1, -0.05) is 41.6 Å². The number of halogens is 1. The predicted octanol–water partition coefficient (Wildman–Crippen LogP) is 3.66. The van der Waals surface area contributed by atoms with Gasteiger partial charge in [0, 0.05) is 12.1 Å². The Morgan fingerprint density at radius 1 is 1.09 bits per heavy atom. The molecule has 0 saturated heterocycles. The molecule has 1 aliphatic rings. The van der Waals surface area contributed by atoms with Gasteiger partial charge in [0.1, 0.15) is 19.5 Å². The lowest BCUT2D eigenvalue weighted by molar-refractivity contribution is 0.139. The summed E-state index contributed by atoms with van der Waals surface area (Å²) in [7, 11) is 1.37. The average molecular weight is 458 g/mol. The molecule has 1 aliphatic heterocycles. The number of rotatable bonds is 5. The van der Waals surface area contributed by atoms with Crippen LogP contribution in [0.15, 0.2) is 76.7 Å². The quantitative estimate of drug-likeness (QED) is 0.406. The van der Waals surface area contributed by atoms with Crippen LogP contribution in [-0.4, -0.2) is 28.5 Å². The Balaban J connectivity index is 1.41. The molecule has 170 valence electrons. The zero-order valence-electron chi connectivity index (χ0n) is 18.1. The molecule has 4 aromatic rings. The highest BCUT2D eigenvalue weighted by atomic mass is 19.1. The highest BCUT2D eigenvalue weighted by molar-refractivity contribution is 6.16. The van der Waals surface area contributed by atoms with Crippen molar-refractivity contribution in [3.63, 3.8) is 0 Å². The fourth-order valence-corrected chi connectivity index (χ4v) is 3.87. The van der Waals surface area contributed by atoms with Gasteiger partial charge in [-0.3, -0.25) is 9.36 Å². The number of ether oxygens (including phenoxy) is 1. The molecule has 0 radical (unpaired) electrons. The van der Waals surface area contributed by atoms with Gasteiger partial charge in [0.15, 0.2) is 11.5 Å². The summed E-state index contributed by atoms with van der Waals surface area (Å²) in [6.45, 7) is 0.353. The van der Waals surface area contributed by atoms with Crippen molar-refractivity contribution in [2.24, 2.45) is 5.16 Å². The van der Waals surface area contributed by atoms with Gasteiger partial charge in [0.25, 0.3) is 5.56 Å². The van der Waals surface area contributed by atoms with Crippen molar-refractivity contribution in [1.29, 1.82) is 0 Å². The molecule has 0 bridgehead atoms. The maximum Gasteiger partial charge on any atom is 0.407 e. The van der Waals surface area contributed by atoms with Crippen LogP contribution in [0.5, 0.6) is 0 Å². The molecule has 0 unspecified atom stereocenters. The highest BCUT2D eigenvalue weighted by Crippen LogP contribution is 2.28. The predicted molar refractivity (Wildman–Crippen MR) is 123 cm³/mol. The number of hydrogen-bond donors (Lipinski definition) is 1. The summed E-state index contributed by atoms with van der Waals surface area (Å²) < 4.78 is 20.5. The molecule has 1 amide bonds. The molecule has 2 heterocycles. The van der Waals surface area contributed by atoms with Gasteiger partial charge >= 0.3 is 6.09 Å². The smallest absolute Gasteiger partial charge is 0.407 e. The lowest BCUT2D eigenvalue weighted by atomic mass is 10.1. The minimum atomic E-state index is -0.557. The van der Waals surface area contributed by atoms with Gasteiger partial charge in [0.05, 0.1) is 16.6 Å². The Bertz CT molecular complexity index is 1500. The number of oxime groups is 1. The highest BCUT2D eigenvalue weighted by Gasteiger charge is 2.30. The van der Waals surface area contributed by atoms with E-state index in [1.807, 2.05) is 30.3 Å². The third kappa shape index (κ3) is 3.88. The number of aromatic nitrogens is 2. The van der Waals surface area contributed by atoms with E-state index in [0.29, 0.717) is 22.2 Å². The van der Waals surface area contributed by atoms with Crippen molar-refractivity contribution in [1.82, 2.24) is 14.9 Å². The van der Waals surface area contributed by atoms with Crippen LogP contribution in [0, 0.1) is 5.82 Å². The summed E-state index contributed by atoms with van der Waals surface area (Å²) in [5, 5.41) is 7.05. The molecule has 5 rings (SSSR count). The molecular formula is C25H19FN4O4. The number of fused-ring (bicyclic) bond motifs is 4. The van der Waals surface area contributed by atoms with Crippen LogP contribution >= 0.6 is 0 Å². The third-order valence-corrected chi connectivity index (χ3v) is 5.43. The lowest BCUT2D eigenvalue weighted by Crippen LogP contribution is -2.24. The Morgan fingerprint density at radius 2 is 1.91 bits per heavy atom. The first-order valence-electron chi connectivity index (χ1n) is 10.5. The van der Waals surface area contributed by atoms with Crippen LogP contribution in [0.2, 0.25) is 0 Å². The van der Waals surface area contributed by atoms with Gasteiger partial charge in [0.2, 0.25) is 0 Å².